The first-order valence-electron chi connectivity index (χ1n) is 5.99. The first kappa shape index (κ1) is 12.6. The molecule has 1 aromatic heterocycles. The molecule has 0 unspecified atom stereocenters. The molecule has 0 radical (unpaired) electrons. The number of rotatable bonds is 1. The van der Waals surface area contributed by atoms with Crippen molar-refractivity contribution in [1.82, 2.24) is 14.7 Å². The number of carbonyl (C=O) groups excluding carboxylic acids is 1. The fourth-order valence-electron chi connectivity index (χ4n) is 2.24. The van der Waals surface area contributed by atoms with Crippen molar-refractivity contribution in [1.29, 1.82) is 0 Å². The van der Waals surface area contributed by atoms with Crippen molar-refractivity contribution >= 4 is 21.8 Å². The van der Waals surface area contributed by atoms with Gasteiger partial charge in [-0.2, -0.15) is 5.10 Å². The molecule has 0 aromatic carbocycles. The highest BCUT2D eigenvalue weighted by Crippen LogP contribution is 2.24. The van der Waals surface area contributed by atoms with Gasteiger partial charge in [-0.05, 0) is 41.6 Å². The van der Waals surface area contributed by atoms with Crippen LogP contribution >= 0.6 is 15.9 Å². The fraction of sp³-hybridized carbons (Fsp3) is 0.667. The Morgan fingerprint density at radius 3 is 2.76 bits per heavy atom. The van der Waals surface area contributed by atoms with E-state index in [1.165, 1.54) is 6.42 Å². The SMILES string of the molecule is Cc1c(Br)c(C(=O)N2CCC[C@@H](C)C2)nn1C. The van der Waals surface area contributed by atoms with Gasteiger partial charge in [0.05, 0.1) is 10.2 Å². The first-order chi connectivity index (χ1) is 8.00. The van der Waals surface area contributed by atoms with Gasteiger partial charge in [-0.25, -0.2) is 0 Å². The third-order valence-electron chi connectivity index (χ3n) is 3.41. The fourth-order valence-corrected chi connectivity index (χ4v) is 2.75. The molecule has 1 aromatic rings. The van der Waals surface area contributed by atoms with Crippen molar-refractivity contribution < 1.29 is 4.79 Å². The van der Waals surface area contributed by atoms with Gasteiger partial charge in [0.25, 0.3) is 5.91 Å². The summed E-state index contributed by atoms with van der Waals surface area (Å²) in [7, 11) is 1.86. The molecule has 1 aliphatic heterocycles. The van der Waals surface area contributed by atoms with Crippen molar-refractivity contribution in [3.05, 3.63) is 15.9 Å². The Morgan fingerprint density at radius 2 is 2.24 bits per heavy atom. The molecular weight excluding hydrogens is 282 g/mol. The minimum absolute atomic E-state index is 0.0483. The van der Waals surface area contributed by atoms with Gasteiger partial charge in [0.1, 0.15) is 0 Å². The summed E-state index contributed by atoms with van der Waals surface area (Å²) in [6, 6.07) is 0. The van der Waals surface area contributed by atoms with Crippen LogP contribution in [0.5, 0.6) is 0 Å². The minimum atomic E-state index is 0.0483. The lowest BCUT2D eigenvalue weighted by molar-refractivity contribution is 0.0675. The van der Waals surface area contributed by atoms with Crippen LogP contribution in [0.2, 0.25) is 0 Å². The van der Waals surface area contributed by atoms with Crippen LogP contribution in [0, 0.1) is 12.8 Å². The Bertz CT molecular complexity index is 441. The van der Waals surface area contributed by atoms with Gasteiger partial charge in [0.2, 0.25) is 0 Å². The van der Waals surface area contributed by atoms with Crippen LogP contribution in [0.15, 0.2) is 4.47 Å². The van der Waals surface area contributed by atoms with Crippen LogP contribution in [0.3, 0.4) is 0 Å². The maximum atomic E-state index is 12.4. The summed E-state index contributed by atoms with van der Waals surface area (Å²) in [5.41, 5.74) is 1.53. The van der Waals surface area contributed by atoms with E-state index in [2.05, 4.69) is 28.0 Å². The number of aromatic nitrogens is 2. The summed E-state index contributed by atoms with van der Waals surface area (Å²) >= 11 is 3.45. The predicted octanol–water partition coefficient (Wildman–Crippen LogP) is 2.36. The van der Waals surface area contributed by atoms with Crippen LogP contribution in [0.1, 0.15) is 35.9 Å². The van der Waals surface area contributed by atoms with Gasteiger partial charge in [-0.15, -0.1) is 0 Å². The molecular formula is C12H18BrN3O. The second kappa shape index (κ2) is 4.80. The van der Waals surface area contributed by atoms with Gasteiger partial charge in [0.15, 0.2) is 5.69 Å². The van der Waals surface area contributed by atoms with E-state index in [-0.39, 0.29) is 5.91 Å². The molecule has 1 aliphatic rings. The van der Waals surface area contributed by atoms with E-state index in [0.29, 0.717) is 11.6 Å². The van der Waals surface area contributed by atoms with Gasteiger partial charge >= 0.3 is 0 Å². The second-order valence-electron chi connectivity index (χ2n) is 4.87. The minimum Gasteiger partial charge on any atom is -0.337 e. The Kier molecular flexibility index (Phi) is 3.56. The summed E-state index contributed by atoms with van der Waals surface area (Å²) in [6.07, 6.45) is 2.31. The molecule has 17 heavy (non-hydrogen) atoms. The highest BCUT2D eigenvalue weighted by molar-refractivity contribution is 9.10. The molecule has 4 nitrogen and oxygen atoms in total. The lowest BCUT2D eigenvalue weighted by Gasteiger charge is -2.30. The number of carbonyl (C=O) groups is 1. The predicted molar refractivity (Wildman–Crippen MR) is 69.9 cm³/mol. The van der Waals surface area contributed by atoms with Crippen molar-refractivity contribution in [2.24, 2.45) is 13.0 Å². The van der Waals surface area contributed by atoms with Gasteiger partial charge in [-0.1, -0.05) is 6.92 Å². The summed E-state index contributed by atoms with van der Waals surface area (Å²) < 4.78 is 2.56. The highest BCUT2D eigenvalue weighted by atomic mass is 79.9. The average Bonchev–Trinajstić information content (AvgIpc) is 2.56. The van der Waals surface area contributed by atoms with E-state index in [0.717, 1.165) is 29.7 Å². The Morgan fingerprint density at radius 1 is 1.53 bits per heavy atom. The standard InChI is InChI=1S/C12H18BrN3O/c1-8-5-4-6-16(7-8)12(17)11-10(13)9(2)15(3)14-11/h8H,4-7H2,1-3H3/t8-/m1/s1. The van der Waals surface area contributed by atoms with E-state index in [4.69, 9.17) is 0 Å². The molecule has 94 valence electrons. The molecule has 2 rings (SSSR count). The van der Waals surface area contributed by atoms with Crippen molar-refractivity contribution in [2.75, 3.05) is 13.1 Å². The molecule has 1 atom stereocenters. The quantitative estimate of drug-likeness (QED) is 0.798. The van der Waals surface area contributed by atoms with E-state index in [9.17, 15) is 4.79 Å². The number of piperidine rings is 1. The number of hydrogen-bond donors (Lipinski definition) is 0. The molecule has 0 N–H and O–H groups in total. The number of aryl methyl sites for hydroxylation is 1. The van der Waals surface area contributed by atoms with Gasteiger partial charge < -0.3 is 4.90 Å². The Labute approximate surface area is 110 Å². The van der Waals surface area contributed by atoms with Gasteiger partial charge in [0, 0.05) is 20.1 Å². The Hall–Kier alpha value is -0.840. The largest absolute Gasteiger partial charge is 0.337 e. The van der Waals surface area contributed by atoms with E-state index < -0.39 is 0 Å². The zero-order valence-corrected chi connectivity index (χ0v) is 12.1. The van der Waals surface area contributed by atoms with Crippen LogP contribution in [0.25, 0.3) is 0 Å². The summed E-state index contributed by atoms with van der Waals surface area (Å²) in [6.45, 7) is 5.84. The third-order valence-corrected chi connectivity index (χ3v) is 4.36. The highest BCUT2D eigenvalue weighted by Gasteiger charge is 2.26. The lowest BCUT2D eigenvalue weighted by atomic mass is 10.00. The van der Waals surface area contributed by atoms with Crippen LogP contribution < -0.4 is 0 Å². The first-order valence-corrected chi connectivity index (χ1v) is 6.78. The summed E-state index contributed by atoms with van der Waals surface area (Å²) in [5, 5.41) is 4.29. The monoisotopic (exact) mass is 299 g/mol. The van der Waals surface area contributed by atoms with Crippen LogP contribution in [-0.4, -0.2) is 33.7 Å². The smallest absolute Gasteiger partial charge is 0.275 e. The molecule has 0 bridgehead atoms. The van der Waals surface area contributed by atoms with Crippen molar-refractivity contribution in [3.63, 3.8) is 0 Å². The molecule has 5 heteroatoms. The second-order valence-corrected chi connectivity index (χ2v) is 5.66. The van der Waals surface area contributed by atoms with Gasteiger partial charge in [-0.3, -0.25) is 9.48 Å². The summed E-state index contributed by atoms with van der Waals surface area (Å²) in [4.78, 5) is 14.3. The number of nitrogens with zero attached hydrogens (tertiary/aromatic N) is 3. The van der Waals surface area contributed by atoms with E-state index in [1.54, 1.807) is 4.68 Å². The van der Waals surface area contributed by atoms with Crippen molar-refractivity contribution in [2.45, 2.75) is 26.7 Å². The number of likely N-dealkylation sites (tertiary alicyclic amines) is 1. The maximum Gasteiger partial charge on any atom is 0.275 e. The molecule has 1 amide bonds. The molecule has 1 saturated heterocycles. The molecule has 0 saturated carbocycles. The summed E-state index contributed by atoms with van der Waals surface area (Å²) in [5.74, 6) is 0.642. The van der Waals surface area contributed by atoms with Crippen LogP contribution in [-0.2, 0) is 7.05 Å². The average molecular weight is 300 g/mol. The molecule has 0 aliphatic carbocycles. The van der Waals surface area contributed by atoms with Crippen molar-refractivity contribution in [3.8, 4) is 0 Å². The number of amides is 1. The van der Waals surface area contributed by atoms with Crippen LogP contribution in [0.4, 0.5) is 0 Å². The lowest BCUT2D eigenvalue weighted by Crippen LogP contribution is -2.39. The number of halogens is 1. The number of hydrogen-bond acceptors (Lipinski definition) is 2. The normalized spacial score (nSPS) is 20.7. The maximum absolute atomic E-state index is 12.4. The molecule has 0 spiro atoms. The van der Waals surface area contributed by atoms with E-state index in [1.807, 2.05) is 18.9 Å². The van der Waals surface area contributed by atoms with E-state index >= 15 is 0 Å². The topological polar surface area (TPSA) is 38.1 Å². The zero-order valence-electron chi connectivity index (χ0n) is 10.5. The molecule has 1 fully saturated rings. The third kappa shape index (κ3) is 2.39. The Balaban J connectivity index is 2.21. The zero-order chi connectivity index (χ0) is 12.6. The molecule has 2 heterocycles.